The standard InChI is InChI=1S/C21H33N5O.2ClH/c1-13(2)16-11-15(19(27)24-21(12-22)9-7-8-10-21)17-14(3)25-26(18(17)23-16)20(4,5)6;;/h11,13H,7-10,12,22H2,1-6H3,(H,24,27);2*1H. The van der Waals surface area contributed by atoms with E-state index in [1.807, 2.05) is 17.7 Å². The van der Waals surface area contributed by atoms with Crippen molar-refractivity contribution in [3.05, 3.63) is 23.0 Å². The predicted molar refractivity (Wildman–Crippen MR) is 124 cm³/mol. The monoisotopic (exact) mass is 443 g/mol. The zero-order chi connectivity index (χ0) is 20.0. The third kappa shape index (κ3) is 4.86. The van der Waals surface area contributed by atoms with Crippen LogP contribution in [0.25, 0.3) is 11.0 Å². The summed E-state index contributed by atoms with van der Waals surface area (Å²) >= 11 is 0. The number of amides is 1. The number of carbonyl (C=O) groups excluding carboxylic acids is 1. The lowest BCUT2D eigenvalue weighted by atomic mass is 9.96. The van der Waals surface area contributed by atoms with Crippen LogP contribution in [0.2, 0.25) is 0 Å². The van der Waals surface area contributed by atoms with E-state index in [1.165, 1.54) is 0 Å². The molecule has 3 N–H and O–H groups in total. The molecule has 1 aliphatic rings. The minimum atomic E-state index is -0.279. The van der Waals surface area contributed by atoms with Crippen LogP contribution in [0.3, 0.4) is 0 Å². The molecule has 0 radical (unpaired) electrons. The van der Waals surface area contributed by atoms with Gasteiger partial charge in [-0.3, -0.25) is 4.79 Å². The highest BCUT2D eigenvalue weighted by molar-refractivity contribution is 6.07. The molecule has 0 spiro atoms. The summed E-state index contributed by atoms with van der Waals surface area (Å²) < 4.78 is 1.94. The first-order valence-electron chi connectivity index (χ1n) is 10.0. The Bertz CT molecular complexity index is 864. The number of fused-ring (bicyclic) bond motifs is 1. The van der Waals surface area contributed by atoms with Gasteiger partial charge in [-0.15, -0.1) is 24.8 Å². The van der Waals surface area contributed by atoms with E-state index in [1.54, 1.807) is 0 Å². The second-order valence-corrected chi connectivity index (χ2v) is 9.26. The van der Waals surface area contributed by atoms with E-state index in [-0.39, 0.29) is 47.7 Å². The third-order valence-electron chi connectivity index (χ3n) is 5.63. The third-order valence-corrected chi connectivity index (χ3v) is 5.63. The lowest BCUT2D eigenvalue weighted by Gasteiger charge is -2.29. The molecule has 2 heterocycles. The normalized spacial score (nSPS) is 15.9. The maximum Gasteiger partial charge on any atom is 0.252 e. The second kappa shape index (κ2) is 9.19. The fourth-order valence-corrected chi connectivity index (χ4v) is 3.99. The zero-order valence-electron chi connectivity index (χ0n) is 18.3. The molecule has 29 heavy (non-hydrogen) atoms. The van der Waals surface area contributed by atoms with E-state index in [4.69, 9.17) is 15.8 Å². The van der Waals surface area contributed by atoms with Crippen LogP contribution in [0, 0.1) is 6.92 Å². The SMILES string of the molecule is Cc1nn(C(C)(C)C)c2nc(C(C)C)cc(C(=O)NC3(CN)CCCC3)c12.Cl.Cl. The topological polar surface area (TPSA) is 85.8 Å². The van der Waals surface area contributed by atoms with E-state index in [0.29, 0.717) is 12.1 Å². The molecule has 1 fully saturated rings. The molecule has 2 aromatic heterocycles. The first kappa shape index (κ1) is 25.7. The first-order valence-corrected chi connectivity index (χ1v) is 10.0. The van der Waals surface area contributed by atoms with Gasteiger partial charge in [-0.2, -0.15) is 5.10 Å². The summed E-state index contributed by atoms with van der Waals surface area (Å²) in [4.78, 5) is 18.2. The fraction of sp³-hybridized carbons (Fsp3) is 0.667. The van der Waals surface area contributed by atoms with Gasteiger partial charge >= 0.3 is 0 Å². The Labute approximate surface area is 186 Å². The Morgan fingerprint density at radius 1 is 1.28 bits per heavy atom. The number of nitrogens with zero attached hydrogens (tertiary/aromatic N) is 3. The van der Waals surface area contributed by atoms with Gasteiger partial charge in [0.05, 0.1) is 27.7 Å². The van der Waals surface area contributed by atoms with Gasteiger partial charge in [0.1, 0.15) is 0 Å². The molecule has 8 heteroatoms. The van der Waals surface area contributed by atoms with E-state index in [0.717, 1.165) is 48.1 Å². The molecule has 0 aromatic carbocycles. The summed E-state index contributed by atoms with van der Waals surface area (Å²) in [6.45, 7) is 12.9. The largest absolute Gasteiger partial charge is 0.345 e. The van der Waals surface area contributed by atoms with Gasteiger partial charge in [0.15, 0.2) is 5.65 Å². The van der Waals surface area contributed by atoms with Crippen molar-refractivity contribution in [2.24, 2.45) is 5.73 Å². The van der Waals surface area contributed by atoms with Crippen LogP contribution in [0.15, 0.2) is 6.07 Å². The smallest absolute Gasteiger partial charge is 0.252 e. The summed E-state index contributed by atoms with van der Waals surface area (Å²) in [7, 11) is 0. The average molecular weight is 444 g/mol. The number of aryl methyl sites for hydroxylation is 1. The van der Waals surface area contributed by atoms with Crippen LogP contribution in [0.1, 0.15) is 88.0 Å². The van der Waals surface area contributed by atoms with E-state index >= 15 is 0 Å². The van der Waals surface area contributed by atoms with E-state index in [2.05, 4.69) is 39.9 Å². The summed E-state index contributed by atoms with van der Waals surface area (Å²) in [6.07, 6.45) is 4.12. The van der Waals surface area contributed by atoms with Gasteiger partial charge in [-0.25, -0.2) is 9.67 Å². The number of halogens is 2. The van der Waals surface area contributed by atoms with Crippen LogP contribution in [-0.2, 0) is 5.54 Å². The lowest BCUT2D eigenvalue weighted by Crippen LogP contribution is -2.51. The molecule has 0 saturated heterocycles. The van der Waals surface area contributed by atoms with Crippen LogP contribution >= 0.6 is 24.8 Å². The molecule has 1 saturated carbocycles. The Kier molecular flexibility index (Phi) is 8.13. The Morgan fingerprint density at radius 2 is 1.86 bits per heavy atom. The number of rotatable bonds is 4. The molecule has 1 amide bonds. The van der Waals surface area contributed by atoms with Crippen molar-refractivity contribution in [3.8, 4) is 0 Å². The highest BCUT2D eigenvalue weighted by Crippen LogP contribution is 2.32. The van der Waals surface area contributed by atoms with Crippen molar-refractivity contribution in [3.63, 3.8) is 0 Å². The van der Waals surface area contributed by atoms with E-state index < -0.39 is 0 Å². The first-order chi connectivity index (χ1) is 12.6. The highest BCUT2D eigenvalue weighted by Gasteiger charge is 2.35. The molecule has 6 nitrogen and oxygen atoms in total. The van der Waals surface area contributed by atoms with Crippen LogP contribution in [-0.4, -0.2) is 32.8 Å². The quantitative estimate of drug-likeness (QED) is 0.729. The van der Waals surface area contributed by atoms with Crippen molar-refractivity contribution in [1.82, 2.24) is 20.1 Å². The molecule has 0 aliphatic heterocycles. The van der Waals surface area contributed by atoms with Gasteiger partial charge in [-0.1, -0.05) is 26.7 Å². The van der Waals surface area contributed by atoms with Crippen LogP contribution in [0.4, 0.5) is 0 Å². The number of aromatic nitrogens is 3. The molecular weight excluding hydrogens is 409 g/mol. The zero-order valence-corrected chi connectivity index (χ0v) is 20.0. The molecule has 3 rings (SSSR count). The predicted octanol–water partition coefficient (Wildman–Crippen LogP) is 4.46. The number of hydrogen-bond donors (Lipinski definition) is 2. The molecule has 164 valence electrons. The second-order valence-electron chi connectivity index (χ2n) is 9.26. The van der Waals surface area contributed by atoms with Gasteiger partial charge < -0.3 is 11.1 Å². The molecular formula is C21H35Cl2N5O. The number of nitrogens with two attached hydrogens (primary N) is 1. The van der Waals surface area contributed by atoms with E-state index in [9.17, 15) is 4.79 Å². The fourth-order valence-electron chi connectivity index (χ4n) is 3.99. The van der Waals surface area contributed by atoms with Crippen molar-refractivity contribution >= 4 is 41.8 Å². The number of hydrogen-bond acceptors (Lipinski definition) is 4. The van der Waals surface area contributed by atoms with Crippen molar-refractivity contribution in [2.75, 3.05) is 6.54 Å². The molecule has 0 unspecified atom stereocenters. The molecule has 2 aromatic rings. The average Bonchev–Trinajstić information content (AvgIpc) is 3.19. The number of carbonyl (C=O) groups is 1. The van der Waals surface area contributed by atoms with Crippen molar-refractivity contribution in [1.29, 1.82) is 0 Å². The highest BCUT2D eigenvalue weighted by atomic mass is 35.5. The Morgan fingerprint density at radius 3 is 2.34 bits per heavy atom. The molecule has 1 aliphatic carbocycles. The maximum absolute atomic E-state index is 13.3. The van der Waals surface area contributed by atoms with Crippen molar-refractivity contribution in [2.45, 2.75) is 84.2 Å². The molecule has 0 atom stereocenters. The van der Waals surface area contributed by atoms with Crippen LogP contribution in [0.5, 0.6) is 0 Å². The summed E-state index contributed by atoms with van der Waals surface area (Å²) in [5, 5.41) is 8.83. The summed E-state index contributed by atoms with van der Waals surface area (Å²) in [5.74, 6) is 0.160. The van der Waals surface area contributed by atoms with Crippen molar-refractivity contribution < 1.29 is 4.79 Å². The minimum absolute atomic E-state index is 0. The van der Waals surface area contributed by atoms with Gasteiger partial charge in [0.2, 0.25) is 0 Å². The van der Waals surface area contributed by atoms with Gasteiger partial charge in [-0.05, 0) is 52.5 Å². The van der Waals surface area contributed by atoms with Gasteiger partial charge in [0, 0.05) is 12.2 Å². The summed E-state index contributed by atoms with van der Waals surface area (Å²) in [6, 6.07) is 1.93. The molecule has 0 bridgehead atoms. The van der Waals surface area contributed by atoms with Gasteiger partial charge in [0.25, 0.3) is 5.91 Å². The number of pyridine rings is 1. The summed E-state index contributed by atoms with van der Waals surface area (Å²) in [5.41, 5.74) is 8.73. The van der Waals surface area contributed by atoms with Crippen LogP contribution < -0.4 is 11.1 Å². The number of nitrogens with one attached hydrogen (secondary N) is 1. The Balaban J connectivity index is 0.00000210. The Hall–Kier alpha value is -1.37. The lowest BCUT2D eigenvalue weighted by molar-refractivity contribution is 0.0904. The minimum Gasteiger partial charge on any atom is -0.345 e. The maximum atomic E-state index is 13.3.